The number of aryl methyl sites for hydroxylation is 1. The van der Waals surface area contributed by atoms with Crippen LogP contribution in [0.5, 0.6) is 0 Å². The van der Waals surface area contributed by atoms with Gasteiger partial charge in [0.15, 0.2) is 11.5 Å². The molecule has 0 spiro atoms. The van der Waals surface area contributed by atoms with E-state index >= 15 is 0 Å². The van der Waals surface area contributed by atoms with Crippen LogP contribution in [0.3, 0.4) is 0 Å². The highest BCUT2D eigenvalue weighted by atomic mass is 19.1. The van der Waals surface area contributed by atoms with Crippen LogP contribution in [0.2, 0.25) is 0 Å². The fourth-order valence-electron chi connectivity index (χ4n) is 4.14. The molecule has 30 heavy (non-hydrogen) atoms. The molecule has 8 heteroatoms. The van der Waals surface area contributed by atoms with Crippen molar-refractivity contribution in [2.75, 3.05) is 5.32 Å². The number of benzene rings is 1. The van der Waals surface area contributed by atoms with Crippen molar-refractivity contribution in [3.63, 3.8) is 0 Å². The molecule has 0 radical (unpaired) electrons. The number of anilines is 2. The first-order valence-electron chi connectivity index (χ1n) is 10.2. The molecule has 6 nitrogen and oxygen atoms in total. The first-order chi connectivity index (χ1) is 14.6. The number of hydrogen-bond acceptors (Lipinski definition) is 4. The molecule has 0 amide bonds. The standard InChI is InChI=1S/C22H22F2N6/c1-14-9-17(19(24)10-18(14)23)20-12-26-21(22-25-7-8-29(20)22)28-15-11-27-30(13-15)16-5-3-2-4-6-16/h7-13,16H,2-6H2,1H3,(H,26,28). The molecule has 1 aliphatic rings. The highest BCUT2D eigenvalue weighted by molar-refractivity contribution is 5.74. The molecule has 1 aromatic carbocycles. The first-order valence-corrected chi connectivity index (χ1v) is 10.2. The molecule has 0 unspecified atom stereocenters. The van der Waals surface area contributed by atoms with Crippen molar-refractivity contribution in [1.29, 1.82) is 0 Å². The van der Waals surface area contributed by atoms with Gasteiger partial charge in [-0.1, -0.05) is 19.3 Å². The Morgan fingerprint density at radius 2 is 1.87 bits per heavy atom. The topological polar surface area (TPSA) is 60.0 Å². The van der Waals surface area contributed by atoms with E-state index in [0.29, 0.717) is 28.8 Å². The lowest BCUT2D eigenvalue weighted by atomic mass is 9.96. The number of imidazole rings is 1. The minimum absolute atomic E-state index is 0.279. The van der Waals surface area contributed by atoms with Gasteiger partial charge in [0.2, 0.25) is 0 Å². The van der Waals surface area contributed by atoms with Gasteiger partial charge >= 0.3 is 0 Å². The molecule has 3 aromatic heterocycles. The van der Waals surface area contributed by atoms with E-state index in [1.54, 1.807) is 36.1 Å². The molecular formula is C22H22F2N6. The third kappa shape index (κ3) is 3.32. The van der Waals surface area contributed by atoms with Crippen molar-refractivity contribution in [1.82, 2.24) is 24.1 Å². The van der Waals surface area contributed by atoms with Crippen molar-refractivity contribution in [3.05, 3.63) is 60.3 Å². The van der Waals surface area contributed by atoms with E-state index in [2.05, 4.69) is 20.4 Å². The zero-order valence-electron chi connectivity index (χ0n) is 16.6. The lowest BCUT2D eigenvalue weighted by Gasteiger charge is -2.21. The third-order valence-electron chi connectivity index (χ3n) is 5.77. The van der Waals surface area contributed by atoms with Gasteiger partial charge in [-0.05, 0) is 31.4 Å². The Balaban J connectivity index is 1.48. The summed E-state index contributed by atoms with van der Waals surface area (Å²) in [5, 5.41) is 7.79. The Kier molecular flexibility index (Phi) is 4.69. The van der Waals surface area contributed by atoms with Crippen LogP contribution in [-0.2, 0) is 0 Å². The van der Waals surface area contributed by atoms with Crippen LogP contribution in [0.15, 0.2) is 43.1 Å². The SMILES string of the molecule is Cc1cc(-c2cnc(Nc3cnn(C4CCCCC4)c3)c3nccn23)c(F)cc1F. The molecule has 1 N–H and O–H groups in total. The quantitative estimate of drug-likeness (QED) is 0.489. The Bertz CT molecular complexity index is 1210. The second-order valence-electron chi connectivity index (χ2n) is 7.82. The molecule has 1 saturated carbocycles. The number of halogens is 2. The summed E-state index contributed by atoms with van der Waals surface area (Å²) in [5.74, 6) is -0.657. The Morgan fingerprint density at radius 3 is 2.70 bits per heavy atom. The molecule has 154 valence electrons. The lowest BCUT2D eigenvalue weighted by molar-refractivity contribution is 0.329. The maximum atomic E-state index is 14.4. The van der Waals surface area contributed by atoms with Gasteiger partial charge in [-0.3, -0.25) is 9.08 Å². The zero-order chi connectivity index (χ0) is 20.7. The normalized spacial score (nSPS) is 15.0. The van der Waals surface area contributed by atoms with Gasteiger partial charge in [0.05, 0.1) is 29.8 Å². The van der Waals surface area contributed by atoms with Crippen LogP contribution in [0, 0.1) is 18.6 Å². The summed E-state index contributed by atoms with van der Waals surface area (Å²) in [5.41, 5.74) is 2.54. The van der Waals surface area contributed by atoms with Gasteiger partial charge in [-0.15, -0.1) is 0 Å². The van der Waals surface area contributed by atoms with Crippen LogP contribution in [0.1, 0.15) is 43.7 Å². The predicted octanol–water partition coefficient (Wildman–Crippen LogP) is 5.43. The number of hydrogen-bond donors (Lipinski definition) is 1. The van der Waals surface area contributed by atoms with E-state index in [-0.39, 0.29) is 5.56 Å². The van der Waals surface area contributed by atoms with Gasteiger partial charge in [0.25, 0.3) is 0 Å². The summed E-state index contributed by atoms with van der Waals surface area (Å²) in [6.07, 6.45) is 14.8. The predicted molar refractivity (Wildman–Crippen MR) is 111 cm³/mol. The average molecular weight is 408 g/mol. The smallest absolute Gasteiger partial charge is 0.180 e. The van der Waals surface area contributed by atoms with Crippen molar-refractivity contribution in [2.24, 2.45) is 0 Å². The summed E-state index contributed by atoms with van der Waals surface area (Å²) >= 11 is 0. The van der Waals surface area contributed by atoms with Gasteiger partial charge in [-0.25, -0.2) is 18.7 Å². The zero-order valence-corrected chi connectivity index (χ0v) is 16.6. The molecule has 1 fully saturated rings. The summed E-state index contributed by atoms with van der Waals surface area (Å²) in [6, 6.07) is 2.84. The van der Waals surface area contributed by atoms with Crippen LogP contribution in [0.4, 0.5) is 20.3 Å². The molecule has 0 atom stereocenters. The van der Waals surface area contributed by atoms with E-state index in [4.69, 9.17) is 0 Å². The Labute approximate surface area is 172 Å². The maximum absolute atomic E-state index is 14.4. The molecule has 0 aliphatic heterocycles. The molecule has 1 aliphatic carbocycles. The third-order valence-corrected chi connectivity index (χ3v) is 5.77. The fraction of sp³-hybridized carbons (Fsp3) is 0.318. The summed E-state index contributed by atoms with van der Waals surface area (Å²) in [7, 11) is 0. The number of nitrogens with zero attached hydrogens (tertiary/aromatic N) is 5. The molecule has 4 aromatic rings. The summed E-state index contributed by atoms with van der Waals surface area (Å²) in [6.45, 7) is 1.61. The van der Waals surface area contributed by atoms with Gasteiger partial charge in [0.1, 0.15) is 11.6 Å². The molecule has 0 saturated heterocycles. The molecule has 3 heterocycles. The van der Waals surface area contributed by atoms with E-state index in [1.807, 2.05) is 10.9 Å². The van der Waals surface area contributed by atoms with Gasteiger partial charge < -0.3 is 5.32 Å². The highest BCUT2D eigenvalue weighted by Gasteiger charge is 2.18. The van der Waals surface area contributed by atoms with E-state index in [0.717, 1.165) is 24.6 Å². The first kappa shape index (κ1) is 18.7. The minimum atomic E-state index is -0.635. The number of rotatable bonds is 4. The minimum Gasteiger partial charge on any atom is -0.335 e. The number of aromatic nitrogens is 5. The van der Waals surface area contributed by atoms with Crippen LogP contribution >= 0.6 is 0 Å². The second-order valence-corrected chi connectivity index (χ2v) is 7.82. The molecule has 5 rings (SSSR count). The number of nitrogens with one attached hydrogen (secondary N) is 1. The summed E-state index contributed by atoms with van der Waals surface area (Å²) in [4.78, 5) is 8.86. The van der Waals surface area contributed by atoms with Crippen LogP contribution < -0.4 is 5.32 Å². The Hall–Kier alpha value is -3.29. The van der Waals surface area contributed by atoms with Gasteiger partial charge in [-0.2, -0.15) is 5.10 Å². The monoisotopic (exact) mass is 408 g/mol. The summed E-state index contributed by atoms with van der Waals surface area (Å²) < 4.78 is 31.9. The fourth-order valence-corrected chi connectivity index (χ4v) is 4.14. The molecule has 0 bridgehead atoms. The van der Waals surface area contributed by atoms with Crippen LogP contribution in [0.25, 0.3) is 16.9 Å². The van der Waals surface area contributed by atoms with Crippen molar-refractivity contribution in [3.8, 4) is 11.3 Å². The van der Waals surface area contributed by atoms with Gasteiger partial charge in [0, 0.05) is 30.2 Å². The lowest BCUT2D eigenvalue weighted by Crippen LogP contribution is -2.12. The van der Waals surface area contributed by atoms with E-state index < -0.39 is 11.6 Å². The largest absolute Gasteiger partial charge is 0.335 e. The van der Waals surface area contributed by atoms with E-state index in [9.17, 15) is 8.78 Å². The molecular weight excluding hydrogens is 386 g/mol. The average Bonchev–Trinajstić information content (AvgIpc) is 3.42. The highest BCUT2D eigenvalue weighted by Crippen LogP contribution is 2.30. The maximum Gasteiger partial charge on any atom is 0.180 e. The van der Waals surface area contributed by atoms with Crippen molar-refractivity contribution < 1.29 is 8.78 Å². The Morgan fingerprint density at radius 1 is 1.03 bits per heavy atom. The van der Waals surface area contributed by atoms with Crippen molar-refractivity contribution in [2.45, 2.75) is 45.1 Å². The number of fused-ring (bicyclic) bond motifs is 1. The van der Waals surface area contributed by atoms with Crippen LogP contribution in [-0.4, -0.2) is 24.1 Å². The van der Waals surface area contributed by atoms with E-state index in [1.165, 1.54) is 25.3 Å². The second kappa shape index (κ2) is 7.51. The van der Waals surface area contributed by atoms with Crippen molar-refractivity contribution >= 4 is 17.2 Å².